The molecule has 0 saturated heterocycles. The Morgan fingerprint density at radius 3 is 2.11 bits per heavy atom. The van der Waals surface area contributed by atoms with E-state index in [0.29, 0.717) is 0 Å². The van der Waals surface area contributed by atoms with Crippen LogP contribution >= 0.6 is 0 Å². The van der Waals surface area contributed by atoms with Crippen molar-refractivity contribution < 1.29 is 0 Å². The maximum Gasteiger partial charge on any atom is 0.0211 e. The van der Waals surface area contributed by atoms with Crippen molar-refractivity contribution in [2.24, 2.45) is 0 Å². The number of nitrogens with one attached hydrogen (secondary N) is 1. The average Bonchev–Trinajstić information content (AvgIpc) is 2.76. The molecule has 5 aromatic carbocycles. The molecule has 0 fully saturated rings. The molecular weight excluding hydrogens is 338 g/mol. The van der Waals surface area contributed by atoms with Gasteiger partial charge in [0.25, 0.3) is 0 Å². The summed E-state index contributed by atoms with van der Waals surface area (Å²) in [6, 6.07) is 31.0. The van der Waals surface area contributed by atoms with Crippen molar-refractivity contribution in [2.45, 2.75) is 25.8 Å². The molecule has 5 rings (SSSR count). The fraction of sp³-hybridized carbons (Fsp3) is 0.185. The number of unbranched alkanes of at least 4 members (excludes halogenated alkanes) is 1. The molecule has 0 saturated carbocycles. The molecule has 1 nitrogen and oxygen atoms in total. The molecule has 0 unspecified atom stereocenters. The number of hydrogen-bond acceptors (Lipinski definition) is 1. The van der Waals surface area contributed by atoms with Crippen LogP contribution in [0.5, 0.6) is 0 Å². The van der Waals surface area contributed by atoms with Gasteiger partial charge in [0.1, 0.15) is 0 Å². The highest BCUT2D eigenvalue weighted by Crippen LogP contribution is 2.35. The summed E-state index contributed by atoms with van der Waals surface area (Å²) in [4.78, 5) is 0. The van der Waals surface area contributed by atoms with Crippen LogP contribution in [0.15, 0.2) is 84.9 Å². The summed E-state index contributed by atoms with van der Waals surface area (Å²) >= 11 is 0. The quantitative estimate of drug-likeness (QED) is 0.251. The zero-order valence-electron chi connectivity index (χ0n) is 16.1. The number of hydrogen-bond donors (Lipinski definition) is 1. The van der Waals surface area contributed by atoms with Crippen LogP contribution in [0.4, 0.5) is 0 Å². The molecule has 5 aromatic rings. The van der Waals surface area contributed by atoms with E-state index in [1.54, 1.807) is 0 Å². The van der Waals surface area contributed by atoms with Gasteiger partial charge in [-0.25, -0.2) is 0 Å². The second-order valence-electron chi connectivity index (χ2n) is 7.70. The highest BCUT2D eigenvalue weighted by molar-refractivity contribution is 6.23. The minimum Gasteiger partial charge on any atom is -0.313 e. The molecule has 0 spiro atoms. The molecule has 1 N–H and O–H groups in total. The fourth-order valence-electron chi connectivity index (χ4n) is 4.40. The number of benzene rings is 5. The van der Waals surface area contributed by atoms with E-state index >= 15 is 0 Å². The third-order valence-electron chi connectivity index (χ3n) is 5.85. The summed E-state index contributed by atoms with van der Waals surface area (Å²) in [7, 11) is 0. The Balaban J connectivity index is 1.29. The maximum absolute atomic E-state index is 3.66. The van der Waals surface area contributed by atoms with E-state index in [0.717, 1.165) is 13.1 Å². The Bertz CT molecular complexity index is 1190. The van der Waals surface area contributed by atoms with E-state index in [1.807, 2.05) is 0 Å². The summed E-state index contributed by atoms with van der Waals surface area (Å²) < 4.78 is 0. The predicted molar refractivity (Wildman–Crippen MR) is 121 cm³/mol. The van der Waals surface area contributed by atoms with E-state index in [4.69, 9.17) is 0 Å². The topological polar surface area (TPSA) is 12.0 Å². The van der Waals surface area contributed by atoms with Crippen LogP contribution in [0.2, 0.25) is 0 Å². The van der Waals surface area contributed by atoms with Gasteiger partial charge in [0.2, 0.25) is 0 Å². The van der Waals surface area contributed by atoms with Gasteiger partial charge >= 0.3 is 0 Å². The van der Waals surface area contributed by atoms with Gasteiger partial charge in [-0.3, -0.25) is 0 Å². The van der Waals surface area contributed by atoms with E-state index in [9.17, 15) is 0 Å². The highest BCUT2D eigenvalue weighted by atomic mass is 14.8. The minimum absolute atomic E-state index is 0.930. The third kappa shape index (κ3) is 3.23. The normalized spacial score (nSPS) is 11.7. The Kier molecular flexibility index (Phi) is 4.68. The molecule has 138 valence electrons. The molecule has 0 aromatic heterocycles. The highest BCUT2D eigenvalue weighted by Gasteiger charge is 2.10. The van der Waals surface area contributed by atoms with Crippen LogP contribution in [0.3, 0.4) is 0 Å². The van der Waals surface area contributed by atoms with E-state index in [1.165, 1.54) is 62.7 Å². The molecular formula is C27H25N. The van der Waals surface area contributed by atoms with Crippen LogP contribution < -0.4 is 5.32 Å². The van der Waals surface area contributed by atoms with Crippen LogP contribution in [-0.2, 0) is 13.0 Å². The van der Waals surface area contributed by atoms with E-state index in [-0.39, 0.29) is 0 Å². The molecule has 0 heterocycles. The van der Waals surface area contributed by atoms with Gasteiger partial charge in [-0.2, -0.15) is 0 Å². The minimum atomic E-state index is 0.930. The predicted octanol–water partition coefficient (Wildman–Crippen LogP) is 6.70. The fourth-order valence-corrected chi connectivity index (χ4v) is 4.40. The van der Waals surface area contributed by atoms with Gasteiger partial charge in [0.15, 0.2) is 0 Å². The molecule has 0 aliphatic carbocycles. The van der Waals surface area contributed by atoms with Crippen molar-refractivity contribution in [3.8, 4) is 0 Å². The molecule has 0 radical (unpaired) electrons. The lowest BCUT2D eigenvalue weighted by atomic mass is 9.92. The summed E-state index contributed by atoms with van der Waals surface area (Å²) in [6.45, 7) is 1.99. The first-order valence-electron chi connectivity index (χ1n) is 10.3. The van der Waals surface area contributed by atoms with Gasteiger partial charge in [0, 0.05) is 6.54 Å². The lowest BCUT2D eigenvalue weighted by Crippen LogP contribution is -2.15. The maximum atomic E-state index is 3.66. The van der Waals surface area contributed by atoms with Crippen molar-refractivity contribution in [1.29, 1.82) is 0 Å². The van der Waals surface area contributed by atoms with Crippen molar-refractivity contribution in [1.82, 2.24) is 5.32 Å². The Hall–Kier alpha value is -2.90. The molecule has 0 aliphatic heterocycles. The molecule has 0 atom stereocenters. The lowest BCUT2D eigenvalue weighted by Gasteiger charge is -2.14. The van der Waals surface area contributed by atoms with Crippen molar-refractivity contribution in [3.63, 3.8) is 0 Å². The van der Waals surface area contributed by atoms with Crippen LogP contribution in [0.1, 0.15) is 24.0 Å². The van der Waals surface area contributed by atoms with Gasteiger partial charge in [-0.15, -0.1) is 0 Å². The van der Waals surface area contributed by atoms with Crippen molar-refractivity contribution in [3.05, 3.63) is 96.1 Å². The molecule has 28 heavy (non-hydrogen) atoms. The van der Waals surface area contributed by atoms with Gasteiger partial charge in [0.05, 0.1) is 0 Å². The second-order valence-corrected chi connectivity index (χ2v) is 7.70. The van der Waals surface area contributed by atoms with Gasteiger partial charge < -0.3 is 5.32 Å². The van der Waals surface area contributed by atoms with E-state index in [2.05, 4.69) is 90.2 Å². The Morgan fingerprint density at radius 1 is 0.571 bits per heavy atom. The zero-order valence-corrected chi connectivity index (χ0v) is 16.1. The molecule has 0 aliphatic rings. The standard InChI is InChI=1S/C27H25N/c1-2-7-20(8-3-1)9-4-5-18-28-19-24-15-14-23-13-12-21-10-6-11-22-16-17-25(24)27(23)26(21)22/h1-3,6-8,10-17,28H,4-5,9,18-19H2. The van der Waals surface area contributed by atoms with Crippen LogP contribution in [0.25, 0.3) is 32.3 Å². The van der Waals surface area contributed by atoms with Crippen LogP contribution in [0, 0.1) is 0 Å². The van der Waals surface area contributed by atoms with Gasteiger partial charge in [-0.1, -0.05) is 84.9 Å². The summed E-state index contributed by atoms with van der Waals surface area (Å²) in [6.07, 6.45) is 3.61. The molecule has 1 heteroatoms. The van der Waals surface area contributed by atoms with Crippen molar-refractivity contribution >= 4 is 32.3 Å². The Morgan fingerprint density at radius 2 is 1.29 bits per heavy atom. The van der Waals surface area contributed by atoms with Crippen molar-refractivity contribution in [2.75, 3.05) is 6.54 Å². The first kappa shape index (κ1) is 17.2. The summed E-state index contributed by atoms with van der Waals surface area (Å²) in [5, 5.41) is 11.9. The largest absolute Gasteiger partial charge is 0.313 e. The monoisotopic (exact) mass is 363 g/mol. The van der Waals surface area contributed by atoms with Crippen LogP contribution in [-0.4, -0.2) is 6.54 Å². The zero-order chi connectivity index (χ0) is 18.8. The first-order chi connectivity index (χ1) is 13.9. The molecule has 0 bridgehead atoms. The Labute approximate surface area is 166 Å². The SMILES string of the molecule is c1ccc(CCCCNCc2ccc3ccc4cccc5ccc2c3c45)cc1. The third-order valence-corrected chi connectivity index (χ3v) is 5.85. The summed E-state index contributed by atoms with van der Waals surface area (Å²) in [5.41, 5.74) is 2.84. The lowest BCUT2D eigenvalue weighted by molar-refractivity contribution is 0.624. The average molecular weight is 364 g/mol. The number of aryl methyl sites for hydroxylation is 1. The molecule has 0 amide bonds. The summed E-state index contributed by atoms with van der Waals surface area (Å²) in [5.74, 6) is 0. The smallest absolute Gasteiger partial charge is 0.0211 e. The number of rotatable bonds is 7. The van der Waals surface area contributed by atoms with Gasteiger partial charge in [-0.05, 0) is 69.3 Å². The van der Waals surface area contributed by atoms with E-state index < -0.39 is 0 Å². The first-order valence-corrected chi connectivity index (χ1v) is 10.3. The second kappa shape index (κ2) is 7.61.